The number of fused-ring (bicyclic) bond motifs is 1. The molecule has 1 aliphatic rings. The number of piperidine rings is 1. The van der Waals surface area contributed by atoms with Gasteiger partial charge in [-0.25, -0.2) is 4.98 Å². The molecule has 0 bridgehead atoms. The van der Waals surface area contributed by atoms with Gasteiger partial charge in [0.25, 0.3) is 5.56 Å². The van der Waals surface area contributed by atoms with E-state index < -0.39 is 0 Å². The Morgan fingerprint density at radius 2 is 2.11 bits per heavy atom. The third kappa shape index (κ3) is 3.70. The number of carbonyl (C=O) groups excluding carboxylic acids is 1. The molecular formula is C19H21N3O2S3. The summed E-state index contributed by atoms with van der Waals surface area (Å²) in [4.78, 5) is 36.5. The van der Waals surface area contributed by atoms with Crippen molar-refractivity contribution in [1.29, 1.82) is 0 Å². The third-order valence-corrected chi connectivity index (χ3v) is 7.66. The van der Waals surface area contributed by atoms with Crippen LogP contribution in [0.25, 0.3) is 20.7 Å². The summed E-state index contributed by atoms with van der Waals surface area (Å²) in [7, 11) is 0. The van der Waals surface area contributed by atoms with Crippen LogP contribution in [0.3, 0.4) is 0 Å². The topological polar surface area (TPSA) is 66.1 Å². The SMILES string of the molecule is C[C@@H]1CCC[C@@H](C)N1C(=O)CSc1nc2scc(-c3cccs3)c2c(=O)[nH]1. The average molecular weight is 420 g/mol. The first-order chi connectivity index (χ1) is 13.0. The molecule has 2 atom stereocenters. The molecule has 1 amide bonds. The number of rotatable bonds is 4. The van der Waals surface area contributed by atoms with Gasteiger partial charge >= 0.3 is 0 Å². The summed E-state index contributed by atoms with van der Waals surface area (Å²) in [6, 6.07) is 4.54. The van der Waals surface area contributed by atoms with Crippen LogP contribution in [0.4, 0.5) is 0 Å². The highest BCUT2D eigenvalue weighted by atomic mass is 32.2. The van der Waals surface area contributed by atoms with E-state index in [-0.39, 0.29) is 23.6 Å². The molecule has 27 heavy (non-hydrogen) atoms. The standard InChI is InChI=1S/C19H21N3O2S3/c1-11-5-3-6-12(2)22(11)15(23)10-27-19-20-17(24)16-13(9-26-18(16)21-19)14-7-4-8-25-14/h4,7-9,11-12H,3,5-6,10H2,1-2H3,(H,20,21,24)/t11-,12-/m1/s1. The number of aromatic nitrogens is 2. The molecule has 1 fully saturated rings. The van der Waals surface area contributed by atoms with E-state index in [2.05, 4.69) is 23.8 Å². The quantitative estimate of drug-likeness (QED) is 0.496. The fraction of sp³-hybridized carbons (Fsp3) is 0.421. The highest BCUT2D eigenvalue weighted by Crippen LogP contribution is 2.34. The van der Waals surface area contributed by atoms with Crippen molar-refractivity contribution in [3.8, 4) is 10.4 Å². The van der Waals surface area contributed by atoms with Crippen LogP contribution in [-0.4, -0.2) is 38.6 Å². The Balaban J connectivity index is 1.53. The van der Waals surface area contributed by atoms with E-state index in [1.54, 1.807) is 11.3 Å². The molecule has 1 N–H and O–H groups in total. The minimum absolute atomic E-state index is 0.118. The predicted molar refractivity (Wildman–Crippen MR) is 114 cm³/mol. The van der Waals surface area contributed by atoms with Gasteiger partial charge in [-0.1, -0.05) is 17.8 Å². The van der Waals surface area contributed by atoms with Crippen LogP contribution in [0.15, 0.2) is 32.8 Å². The van der Waals surface area contributed by atoms with Gasteiger partial charge in [0.05, 0.1) is 11.1 Å². The third-order valence-electron chi connectivity index (χ3n) is 5.02. The molecule has 0 spiro atoms. The number of carbonyl (C=O) groups is 1. The van der Waals surface area contributed by atoms with Crippen LogP contribution in [0.5, 0.6) is 0 Å². The summed E-state index contributed by atoms with van der Waals surface area (Å²) >= 11 is 4.39. The zero-order valence-electron chi connectivity index (χ0n) is 15.2. The second-order valence-electron chi connectivity index (χ2n) is 6.90. The maximum Gasteiger partial charge on any atom is 0.260 e. The number of nitrogens with one attached hydrogen (secondary N) is 1. The molecule has 0 unspecified atom stereocenters. The van der Waals surface area contributed by atoms with Crippen molar-refractivity contribution >= 4 is 50.6 Å². The number of hydrogen-bond acceptors (Lipinski definition) is 6. The van der Waals surface area contributed by atoms with Crippen LogP contribution in [0.1, 0.15) is 33.1 Å². The zero-order chi connectivity index (χ0) is 19.0. The summed E-state index contributed by atoms with van der Waals surface area (Å²) < 4.78 is 0. The minimum atomic E-state index is -0.140. The minimum Gasteiger partial charge on any atom is -0.337 e. The first-order valence-electron chi connectivity index (χ1n) is 9.04. The fourth-order valence-electron chi connectivity index (χ4n) is 3.73. The van der Waals surface area contributed by atoms with Crippen molar-refractivity contribution in [1.82, 2.24) is 14.9 Å². The van der Waals surface area contributed by atoms with Crippen LogP contribution < -0.4 is 5.56 Å². The van der Waals surface area contributed by atoms with Gasteiger partial charge in [-0.3, -0.25) is 9.59 Å². The molecule has 1 saturated heterocycles. The van der Waals surface area contributed by atoms with E-state index in [0.717, 1.165) is 28.1 Å². The lowest BCUT2D eigenvalue weighted by atomic mass is 9.98. The maximum absolute atomic E-state index is 12.7. The van der Waals surface area contributed by atoms with Gasteiger partial charge in [-0.05, 0) is 44.6 Å². The molecule has 4 heterocycles. The van der Waals surface area contributed by atoms with Gasteiger partial charge in [-0.2, -0.15) is 0 Å². The predicted octanol–water partition coefficient (Wildman–Crippen LogP) is 4.59. The molecule has 4 rings (SSSR count). The molecular weight excluding hydrogens is 398 g/mol. The van der Waals surface area contributed by atoms with Gasteiger partial charge in [0.1, 0.15) is 4.83 Å². The Hall–Kier alpha value is -1.64. The first-order valence-corrected chi connectivity index (χ1v) is 11.8. The second-order valence-corrected chi connectivity index (χ2v) is 9.67. The lowest BCUT2D eigenvalue weighted by molar-refractivity contribution is -0.134. The molecule has 8 heteroatoms. The van der Waals surface area contributed by atoms with Crippen molar-refractivity contribution in [2.24, 2.45) is 0 Å². The Morgan fingerprint density at radius 1 is 1.33 bits per heavy atom. The number of likely N-dealkylation sites (tertiary alicyclic amines) is 1. The van der Waals surface area contributed by atoms with Crippen LogP contribution in [0, 0.1) is 0 Å². The lowest BCUT2D eigenvalue weighted by Gasteiger charge is -2.39. The van der Waals surface area contributed by atoms with E-state index in [0.29, 0.717) is 16.3 Å². The first kappa shape index (κ1) is 18.7. The molecule has 0 saturated carbocycles. The highest BCUT2D eigenvalue weighted by Gasteiger charge is 2.28. The summed E-state index contributed by atoms with van der Waals surface area (Å²) in [6.45, 7) is 4.23. The number of nitrogens with zero attached hydrogens (tertiary/aromatic N) is 2. The summed E-state index contributed by atoms with van der Waals surface area (Å²) in [5.74, 6) is 0.416. The number of thiophene rings is 2. The Labute approximate surface area is 169 Å². The van der Waals surface area contributed by atoms with Gasteiger partial charge in [0.15, 0.2) is 5.16 Å². The molecule has 0 radical (unpaired) electrons. The van der Waals surface area contributed by atoms with Crippen molar-refractivity contribution < 1.29 is 4.79 Å². The van der Waals surface area contributed by atoms with Crippen LogP contribution in [0.2, 0.25) is 0 Å². The molecule has 0 aromatic carbocycles. The Bertz CT molecular complexity index is 999. The number of H-pyrrole nitrogens is 1. The molecule has 5 nitrogen and oxygen atoms in total. The average Bonchev–Trinajstić information content (AvgIpc) is 3.29. The van der Waals surface area contributed by atoms with Gasteiger partial charge in [-0.15, -0.1) is 22.7 Å². The molecule has 3 aromatic heterocycles. The smallest absolute Gasteiger partial charge is 0.260 e. The highest BCUT2D eigenvalue weighted by molar-refractivity contribution is 7.99. The Morgan fingerprint density at radius 3 is 2.81 bits per heavy atom. The van der Waals surface area contributed by atoms with E-state index >= 15 is 0 Å². The number of hydrogen-bond donors (Lipinski definition) is 1. The lowest BCUT2D eigenvalue weighted by Crippen LogP contribution is -2.48. The van der Waals surface area contributed by atoms with Gasteiger partial charge < -0.3 is 9.88 Å². The van der Waals surface area contributed by atoms with Crippen molar-refractivity contribution in [3.63, 3.8) is 0 Å². The van der Waals surface area contributed by atoms with E-state index in [1.807, 2.05) is 27.8 Å². The number of aromatic amines is 1. The van der Waals surface area contributed by atoms with Gasteiger partial charge in [0, 0.05) is 27.9 Å². The van der Waals surface area contributed by atoms with Gasteiger partial charge in [0.2, 0.25) is 5.91 Å². The summed E-state index contributed by atoms with van der Waals surface area (Å²) in [5.41, 5.74) is 0.793. The summed E-state index contributed by atoms with van der Waals surface area (Å²) in [5, 5.41) is 5.13. The second kappa shape index (κ2) is 7.77. The molecule has 3 aromatic rings. The van der Waals surface area contributed by atoms with Crippen molar-refractivity contribution in [2.75, 3.05) is 5.75 Å². The van der Waals surface area contributed by atoms with E-state index in [1.165, 1.54) is 29.5 Å². The molecule has 1 aliphatic heterocycles. The molecule has 142 valence electrons. The maximum atomic E-state index is 12.7. The normalized spacial score (nSPS) is 20.3. The van der Waals surface area contributed by atoms with E-state index in [9.17, 15) is 9.59 Å². The fourth-order valence-corrected chi connectivity index (χ4v) is 6.28. The van der Waals surface area contributed by atoms with Crippen LogP contribution >= 0.6 is 34.4 Å². The number of amides is 1. The number of thioether (sulfide) groups is 1. The van der Waals surface area contributed by atoms with Crippen molar-refractivity contribution in [3.05, 3.63) is 33.2 Å². The monoisotopic (exact) mass is 419 g/mol. The van der Waals surface area contributed by atoms with E-state index in [4.69, 9.17) is 0 Å². The Kier molecular flexibility index (Phi) is 5.39. The van der Waals surface area contributed by atoms with Crippen molar-refractivity contribution in [2.45, 2.75) is 50.4 Å². The summed E-state index contributed by atoms with van der Waals surface area (Å²) in [6.07, 6.45) is 3.29. The zero-order valence-corrected chi connectivity index (χ0v) is 17.7. The molecule has 0 aliphatic carbocycles. The largest absolute Gasteiger partial charge is 0.337 e. The van der Waals surface area contributed by atoms with Crippen LogP contribution in [-0.2, 0) is 4.79 Å².